The molecule has 292 valence electrons. The highest BCUT2D eigenvalue weighted by Gasteiger charge is 2.87. The van der Waals surface area contributed by atoms with Crippen LogP contribution in [-0.2, 0) is 0 Å². The van der Waals surface area contributed by atoms with Crippen molar-refractivity contribution in [1.29, 1.82) is 10.5 Å². The van der Waals surface area contributed by atoms with Gasteiger partial charge >= 0.3 is 0 Å². The monoisotopic (exact) mass is 774 g/mol. The first-order valence-electron chi connectivity index (χ1n) is 25.4. The zero-order valence-corrected chi connectivity index (χ0v) is 34.0. The van der Waals surface area contributed by atoms with Gasteiger partial charge in [0.15, 0.2) is 0 Å². The molecular formula is C58H50N2. The van der Waals surface area contributed by atoms with Crippen molar-refractivity contribution in [3.05, 3.63) is 123 Å². The summed E-state index contributed by atoms with van der Waals surface area (Å²) in [6.07, 6.45) is 18.0. The van der Waals surface area contributed by atoms with Crippen molar-refractivity contribution in [2.24, 2.45) is 172 Å². The van der Waals surface area contributed by atoms with E-state index in [1.54, 1.807) is 25.7 Å². The van der Waals surface area contributed by atoms with Crippen LogP contribution in [0.25, 0.3) is 5.57 Å². The van der Waals surface area contributed by atoms with Gasteiger partial charge in [0, 0.05) is 17.4 Å². The number of rotatable bonds is 1. The van der Waals surface area contributed by atoms with Gasteiger partial charge in [-0.05, 0) is 214 Å². The lowest BCUT2D eigenvalue weighted by atomic mass is 9.44. The Kier molecular flexibility index (Phi) is 4.52. The Morgan fingerprint density at radius 2 is 0.900 bits per heavy atom. The third-order valence-electron chi connectivity index (χ3n) is 25.7. The topological polar surface area (TPSA) is 47.6 Å². The first kappa shape index (κ1) is 30.2. The molecule has 0 aromatic heterocycles. The summed E-state index contributed by atoms with van der Waals surface area (Å²) in [4.78, 5) is 0. The molecule has 29 atom stereocenters. The van der Waals surface area contributed by atoms with Gasteiger partial charge in [-0.25, -0.2) is 0 Å². The highest BCUT2D eigenvalue weighted by atomic mass is 14.9. The van der Waals surface area contributed by atoms with E-state index in [-0.39, 0.29) is 5.57 Å². The van der Waals surface area contributed by atoms with Crippen LogP contribution in [0.5, 0.6) is 0 Å². The smallest absolute Gasteiger partial charge is 0.138 e. The van der Waals surface area contributed by atoms with E-state index in [0.717, 1.165) is 171 Å². The van der Waals surface area contributed by atoms with Crippen LogP contribution in [0.1, 0.15) is 53.9 Å². The maximum atomic E-state index is 10.4. The molecular weight excluding hydrogens is 725 g/mol. The van der Waals surface area contributed by atoms with Crippen LogP contribution in [0.2, 0.25) is 0 Å². The number of allylic oxidation sites excluding steroid dienone is 9. The average Bonchev–Trinajstić information content (AvgIpc) is 3.82. The van der Waals surface area contributed by atoms with E-state index in [4.69, 9.17) is 0 Å². The molecule has 0 N–H and O–H groups in total. The van der Waals surface area contributed by atoms with Gasteiger partial charge < -0.3 is 0 Å². The summed E-state index contributed by atoms with van der Waals surface area (Å²) in [6, 6.07) is 22.9. The summed E-state index contributed by atoms with van der Waals surface area (Å²) in [7, 11) is 0. The third kappa shape index (κ3) is 2.56. The van der Waals surface area contributed by atoms with Crippen LogP contribution in [0, 0.1) is 194 Å². The Labute approximate surface area is 353 Å². The molecule has 29 unspecified atom stereocenters. The molecule has 11 fully saturated rings. The predicted octanol–water partition coefficient (Wildman–Crippen LogP) is 10.3. The minimum atomic E-state index is 0.274. The molecule has 18 aliphatic rings. The molecule has 0 heterocycles. The van der Waals surface area contributed by atoms with E-state index in [1.807, 2.05) is 0 Å². The number of fused-ring (bicyclic) bond motifs is 10. The van der Waals surface area contributed by atoms with Gasteiger partial charge in [0.2, 0.25) is 0 Å². The molecule has 20 rings (SSSR count). The molecule has 18 aliphatic carbocycles. The van der Waals surface area contributed by atoms with Crippen molar-refractivity contribution in [2.75, 3.05) is 0 Å². The van der Waals surface area contributed by atoms with Gasteiger partial charge in [-0.3, -0.25) is 0 Å². The molecule has 11 saturated carbocycles. The summed E-state index contributed by atoms with van der Waals surface area (Å²) in [5, 5.41) is 20.7. The van der Waals surface area contributed by atoms with E-state index in [0.29, 0.717) is 23.7 Å². The van der Waals surface area contributed by atoms with E-state index in [2.05, 4.69) is 107 Å². The summed E-state index contributed by atoms with van der Waals surface area (Å²) >= 11 is 0. The van der Waals surface area contributed by atoms with E-state index in [1.165, 1.54) is 11.1 Å². The largest absolute Gasteiger partial charge is 0.192 e. The Morgan fingerprint density at radius 3 is 1.67 bits per heavy atom. The maximum absolute atomic E-state index is 10.4. The molecule has 2 aromatic carbocycles. The molecule has 2 heteroatoms. The molecule has 60 heavy (non-hydrogen) atoms. The zero-order chi connectivity index (χ0) is 37.8. The molecule has 2 nitrogen and oxygen atoms in total. The Morgan fingerprint density at radius 1 is 0.400 bits per heavy atom. The number of hydrogen-bond acceptors (Lipinski definition) is 2. The van der Waals surface area contributed by atoms with Crippen LogP contribution in [0.3, 0.4) is 0 Å². The first-order valence-corrected chi connectivity index (χ1v) is 25.4. The SMILES string of the molecule is N#CC(C#N)=C1c2ccccc2C(C2C3C4=C5C6C7C8=C9C%10C(C=CC4C%106)C4C=CC6C%10CCC%11C%12CCC%13C(C5C5C%13C%12C%12C%11C%10C(C8C%12C75)C6C94)C32)c2ccccc21. The molecule has 0 radical (unpaired) electrons. The van der Waals surface area contributed by atoms with Crippen molar-refractivity contribution < 1.29 is 0 Å². The lowest BCUT2D eigenvalue weighted by Crippen LogP contribution is -2.57. The minimum absolute atomic E-state index is 0.274. The molecule has 2 aromatic rings. The second kappa shape index (κ2) is 8.98. The fourth-order valence-electron chi connectivity index (χ4n) is 26.3. The van der Waals surface area contributed by atoms with E-state index >= 15 is 0 Å². The quantitative estimate of drug-likeness (QED) is 0.214. The van der Waals surface area contributed by atoms with Crippen molar-refractivity contribution in [1.82, 2.24) is 0 Å². The molecule has 0 spiro atoms. The van der Waals surface area contributed by atoms with Crippen molar-refractivity contribution in [2.45, 2.75) is 31.6 Å². The lowest BCUT2D eigenvalue weighted by Gasteiger charge is -2.60. The van der Waals surface area contributed by atoms with E-state index < -0.39 is 0 Å². The zero-order valence-electron chi connectivity index (χ0n) is 34.0. The summed E-state index contributed by atoms with van der Waals surface area (Å²) in [6.45, 7) is 0. The fraction of sp³-hybridized carbons (Fsp3) is 0.586. The van der Waals surface area contributed by atoms with Crippen molar-refractivity contribution in [3.8, 4) is 12.1 Å². The standard InChI is InChI=1S/C58H50N2/c59-17-19(18-60)32-20-5-1-3-7-22(20)33(23-8-4-2-6-21(23)32)44-50-42-30-15-13-28-26-11-9-24-25-10-12-27-29-14-16-31-41-39(29)47-37(27)35(25)45-34(24)36(26)46-38(28)40(30)48-52(42)53(43(31)51(44)50)49(41)58-56(47)54(45)55(46)57(48)58/h1-9,11,13,15,24-31,33-41,43-45,47-51,53-54,56-58H,10,12,14,16H2. The normalized spacial score (nSPS) is 62.4. The fourth-order valence-corrected chi connectivity index (χ4v) is 26.3. The van der Waals surface area contributed by atoms with Crippen LogP contribution in [0.4, 0.5) is 0 Å². The second-order valence-corrected chi connectivity index (χ2v) is 25.0. The Bertz CT molecular complexity index is 2790. The van der Waals surface area contributed by atoms with Crippen LogP contribution in [0.15, 0.2) is 101 Å². The van der Waals surface area contributed by atoms with Crippen LogP contribution >= 0.6 is 0 Å². The summed E-state index contributed by atoms with van der Waals surface area (Å²) in [5.74, 6) is 27.0. The Balaban J connectivity index is 0.872. The first-order chi connectivity index (χ1) is 29.8. The van der Waals surface area contributed by atoms with Crippen molar-refractivity contribution >= 4 is 5.57 Å². The minimum Gasteiger partial charge on any atom is -0.192 e. The van der Waals surface area contributed by atoms with E-state index in [9.17, 15) is 10.5 Å². The second-order valence-electron chi connectivity index (χ2n) is 25.0. The third-order valence-corrected chi connectivity index (χ3v) is 25.7. The number of nitrogens with zero attached hydrogens (tertiary/aromatic N) is 2. The van der Waals surface area contributed by atoms with Gasteiger partial charge in [-0.2, -0.15) is 10.5 Å². The average molecular weight is 775 g/mol. The van der Waals surface area contributed by atoms with Crippen LogP contribution in [-0.4, -0.2) is 0 Å². The summed E-state index contributed by atoms with van der Waals surface area (Å²) in [5.41, 5.74) is 15.0. The molecule has 0 bridgehead atoms. The van der Waals surface area contributed by atoms with Gasteiger partial charge in [0.1, 0.15) is 17.7 Å². The van der Waals surface area contributed by atoms with Crippen molar-refractivity contribution in [3.63, 3.8) is 0 Å². The van der Waals surface area contributed by atoms with Gasteiger partial charge in [0.25, 0.3) is 0 Å². The van der Waals surface area contributed by atoms with Gasteiger partial charge in [-0.15, -0.1) is 0 Å². The lowest BCUT2D eigenvalue weighted by molar-refractivity contribution is -0.127. The van der Waals surface area contributed by atoms with Crippen LogP contribution < -0.4 is 0 Å². The molecule has 0 aliphatic heterocycles. The molecule has 0 saturated heterocycles. The molecule has 0 amide bonds. The Hall–Kier alpha value is -3.88. The summed E-state index contributed by atoms with van der Waals surface area (Å²) < 4.78 is 0. The number of hydrogen-bond donors (Lipinski definition) is 0. The predicted molar refractivity (Wildman–Crippen MR) is 224 cm³/mol. The number of nitriles is 2. The maximum Gasteiger partial charge on any atom is 0.138 e. The number of benzene rings is 2. The van der Waals surface area contributed by atoms with Gasteiger partial charge in [0.05, 0.1) is 0 Å². The highest BCUT2D eigenvalue weighted by molar-refractivity contribution is 5.92. The van der Waals surface area contributed by atoms with Gasteiger partial charge in [-0.1, -0.05) is 95.1 Å². The highest BCUT2D eigenvalue weighted by Crippen LogP contribution is 2.92.